The predicted octanol–water partition coefficient (Wildman–Crippen LogP) is -0.624. The minimum absolute atomic E-state index is 0.260. The van der Waals surface area contributed by atoms with E-state index in [9.17, 15) is 0 Å². The van der Waals surface area contributed by atoms with Gasteiger partial charge in [-0.3, -0.25) is 4.84 Å². The van der Waals surface area contributed by atoms with E-state index in [0.717, 1.165) is 0 Å². The third-order valence-corrected chi connectivity index (χ3v) is 0.391. The van der Waals surface area contributed by atoms with Gasteiger partial charge in [-0.2, -0.15) is 0 Å². The second-order valence-corrected chi connectivity index (χ2v) is 1.10. The van der Waals surface area contributed by atoms with E-state index >= 15 is 0 Å². The molecule has 42 valence electrons. The number of hydrogen-bond acceptors (Lipinski definition) is 2. The molecule has 0 saturated carbocycles. The van der Waals surface area contributed by atoms with E-state index in [0.29, 0.717) is 0 Å². The molecule has 0 heterocycles. The lowest BCUT2D eigenvalue weighted by molar-refractivity contribution is 0.0575. The molecule has 0 atom stereocenters. The van der Waals surface area contributed by atoms with E-state index in [1.54, 1.807) is 7.05 Å². The Bertz CT molecular complexity index is 62.7. The molecule has 0 unspecified atom stereocenters. The Labute approximate surface area is 42.6 Å². The normalized spacial score (nSPS) is 8.71. The second kappa shape index (κ2) is 3.64. The van der Waals surface area contributed by atoms with Gasteiger partial charge in [0, 0.05) is 7.05 Å². The van der Waals surface area contributed by atoms with Crippen molar-refractivity contribution >= 4 is 0 Å². The summed E-state index contributed by atoms with van der Waals surface area (Å²) in [7, 11) is 1.64. The fourth-order valence-corrected chi connectivity index (χ4v) is 0.159. The van der Waals surface area contributed by atoms with Crippen molar-refractivity contribution in [3.63, 3.8) is 0 Å². The van der Waals surface area contributed by atoms with Crippen molar-refractivity contribution in [1.82, 2.24) is 5.48 Å². The predicted molar refractivity (Wildman–Crippen MR) is 27.8 cm³/mol. The van der Waals surface area contributed by atoms with Crippen LogP contribution in [0.25, 0.3) is 0 Å². The van der Waals surface area contributed by atoms with Crippen LogP contribution in [0.2, 0.25) is 0 Å². The van der Waals surface area contributed by atoms with Gasteiger partial charge in [0.25, 0.3) is 0 Å². The van der Waals surface area contributed by atoms with Crippen molar-refractivity contribution < 1.29 is 9.94 Å². The molecule has 3 heteroatoms. The van der Waals surface area contributed by atoms with E-state index in [4.69, 9.17) is 5.11 Å². The molecule has 0 amide bonds. The molecule has 0 aliphatic carbocycles. The van der Waals surface area contributed by atoms with E-state index in [2.05, 4.69) is 16.9 Å². The minimum atomic E-state index is 0.260. The van der Waals surface area contributed by atoms with E-state index < -0.39 is 0 Å². The quantitative estimate of drug-likeness (QED) is 0.294. The fourth-order valence-electron chi connectivity index (χ4n) is 0.159. The van der Waals surface area contributed by atoms with Gasteiger partial charge in [0.2, 0.25) is 5.76 Å². The van der Waals surface area contributed by atoms with Gasteiger partial charge in [-0.25, -0.2) is 5.48 Å². The van der Waals surface area contributed by atoms with Crippen LogP contribution in [0.4, 0.5) is 0 Å². The second-order valence-electron chi connectivity index (χ2n) is 1.10. The van der Waals surface area contributed by atoms with Crippen molar-refractivity contribution in [2.75, 3.05) is 13.7 Å². The van der Waals surface area contributed by atoms with E-state index in [-0.39, 0.29) is 12.4 Å². The Morgan fingerprint density at radius 2 is 2.57 bits per heavy atom. The number of hydrogen-bond donors (Lipinski definition) is 1. The molecule has 0 rings (SSSR count). The van der Waals surface area contributed by atoms with Crippen molar-refractivity contribution in [1.29, 1.82) is 0 Å². The molecular weight excluding hydrogens is 94.0 g/mol. The topological polar surface area (TPSA) is 44.2 Å². The zero-order chi connectivity index (χ0) is 5.70. The highest BCUT2D eigenvalue weighted by Gasteiger charge is 1.88. The summed E-state index contributed by atoms with van der Waals surface area (Å²) in [5.74, 6) is 0.273. The maximum Gasteiger partial charge on any atom is 0.250 e. The first-order valence-electron chi connectivity index (χ1n) is 1.95. The molecule has 0 aliphatic rings. The van der Waals surface area contributed by atoms with Crippen LogP contribution in [0, 0.1) is 0 Å². The lowest BCUT2D eigenvalue weighted by atomic mass is 10.6. The van der Waals surface area contributed by atoms with Crippen LogP contribution in [0.5, 0.6) is 0 Å². The molecule has 7 heavy (non-hydrogen) atoms. The molecule has 0 aliphatic heterocycles. The molecule has 3 N–H and O–H groups in total. The van der Waals surface area contributed by atoms with Gasteiger partial charge >= 0.3 is 0 Å². The molecule has 3 nitrogen and oxygen atoms in total. The average molecular weight is 104 g/mol. The van der Waals surface area contributed by atoms with Gasteiger partial charge in [-0.1, -0.05) is 0 Å². The molecule has 0 fully saturated rings. The Morgan fingerprint density at radius 1 is 2.00 bits per heavy atom. The van der Waals surface area contributed by atoms with Crippen molar-refractivity contribution in [2.45, 2.75) is 0 Å². The standard InChI is InChI=1S/C4H9NO2/c1-4(6)3-7-5-2/h5-6H,1,3H2,2H3/p+1. The van der Waals surface area contributed by atoms with Crippen LogP contribution < -0.4 is 5.48 Å². The van der Waals surface area contributed by atoms with Gasteiger partial charge < -0.3 is 5.11 Å². The van der Waals surface area contributed by atoms with Gasteiger partial charge in [-0.05, 0) is 6.58 Å². The molecule has 0 saturated heterocycles. The molecule has 0 bridgehead atoms. The van der Waals surface area contributed by atoms with Gasteiger partial charge in [-0.15, -0.1) is 0 Å². The van der Waals surface area contributed by atoms with Crippen LogP contribution in [0.3, 0.4) is 0 Å². The largest absolute Gasteiger partial charge is 0.595 e. The molecule has 0 aromatic rings. The third-order valence-electron chi connectivity index (χ3n) is 0.391. The fraction of sp³-hybridized carbons (Fsp3) is 0.500. The van der Waals surface area contributed by atoms with Gasteiger partial charge in [0.1, 0.15) is 0 Å². The Kier molecular flexibility index (Phi) is 3.36. The highest BCUT2D eigenvalue weighted by atomic mass is 16.6. The van der Waals surface area contributed by atoms with E-state index in [1.807, 2.05) is 0 Å². The first-order chi connectivity index (χ1) is 3.27. The summed E-state index contributed by atoms with van der Waals surface area (Å²) < 4.78 is 0. The molecule has 0 aromatic heterocycles. The van der Waals surface area contributed by atoms with Crippen molar-refractivity contribution in [2.24, 2.45) is 0 Å². The van der Waals surface area contributed by atoms with Crippen LogP contribution in [-0.2, 0) is 4.84 Å². The van der Waals surface area contributed by atoms with Crippen LogP contribution in [-0.4, -0.2) is 18.8 Å². The Balaban J connectivity index is 2.82. The summed E-state index contributed by atoms with van der Waals surface area (Å²) in [4.78, 5) is 4.56. The summed E-state index contributed by atoms with van der Waals surface area (Å²) >= 11 is 0. The van der Waals surface area contributed by atoms with Gasteiger partial charge in [0.05, 0.1) is 0 Å². The third kappa shape index (κ3) is 5.46. The highest BCUT2D eigenvalue weighted by molar-refractivity contribution is 4.76. The van der Waals surface area contributed by atoms with E-state index in [1.165, 1.54) is 0 Å². The molecule has 0 aromatic carbocycles. The number of hydroxylamine groups is 1. The van der Waals surface area contributed by atoms with Crippen molar-refractivity contribution in [3.05, 3.63) is 12.3 Å². The molecule has 0 spiro atoms. The smallest absolute Gasteiger partial charge is 0.250 e. The molecular formula is C4H10NO2+. The summed E-state index contributed by atoms with van der Waals surface area (Å²) in [6.07, 6.45) is 0. The summed E-state index contributed by atoms with van der Waals surface area (Å²) in [6, 6.07) is 0. The zero-order valence-electron chi connectivity index (χ0n) is 4.32. The first kappa shape index (κ1) is 6.46. The first-order valence-corrected chi connectivity index (χ1v) is 1.95. The Hall–Kier alpha value is -0.540. The lowest BCUT2D eigenvalue weighted by Gasteiger charge is -1.92. The monoisotopic (exact) mass is 104 g/mol. The van der Waals surface area contributed by atoms with Crippen LogP contribution in [0.1, 0.15) is 0 Å². The number of rotatable bonds is 3. The summed E-state index contributed by atoms with van der Waals surface area (Å²) in [5, 5.41) is 6.72. The zero-order valence-corrected chi connectivity index (χ0v) is 4.32. The van der Waals surface area contributed by atoms with Crippen LogP contribution >= 0.6 is 0 Å². The summed E-state index contributed by atoms with van der Waals surface area (Å²) in [5.41, 5.74) is 2.42. The number of nitrogens with one attached hydrogen (secondary N) is 1. The molecule has 0 radical (unpaired) electrons. The Morgan fingerprint density at radius 3 is 2.71 bits per heavy atom. The maximum absolute atomic E-state index is 6.72. The van der Waals surface area contributed by atoms with Crippen molar-refractivity contribution in [3.8, 4) is 0 Å². The maximum atomic E-state index is 6.72. The SMILES string of the molecule is C=C([OH2+])CONC. The minimum Gasteiger partial charge on any atom is -0.595 e. The highest BCUT2D eigenvalue weighted by Crippen LogP contribution is 1.77. The van der Waals surface area contributed by atoms with Gasteiger partial charge in [0.15, 0.2) is 6.61 Å². The van der Waals surface area contributed by atoms with Crippen LogP contribution in [0.15, 0.2) is 12.3 Å². The summed E-state index contributed by atoms with van der Waals surface area (Å²) in [6.45, 7) is 3.55. The lowest BCUT2D eigenvalue weighted by Crippen LogP contribution is -2.09. The average Bonchev–Trinajstić information content (AvgIpc) is 1.61.